The molecule has 0 atom stereocenters. The minimum Gasteiger partial charge on any atom is -0.383 e. The fourth-order valence-electron chi connectivity index (χ4n) is 1.80. The van der Waals surface area contributed by atoms with Gasteiger partial charge in [0.05, 0.1) is 0 Å². The van der Waals surface area contributed by atoms with Gasteiger partial charge in [-0.05, 0) is 56.2 Å². The summed E-state index contributed by atoms with van der Waals surface area (Å²) in [6.07, 6.45) is 2.51. The van der Waals surface area contributed by atoms with Crippen molar-refractivity contribution in [2.24, 2.45) is 5.73 Å². The molecule has 0 spiro atoms. The molecule has 88 valence electrons. The zero-order chi connectivity index (χ0) is 11.6. The van der Waals surface area contributed by atoms with E-state index in [0.29, 0.717) is 0 Å². The molecule has 1 aromatic carbocycles. The molecule has 1 aliphatic rings. The summed E-state index contributed by atoms with van der Waals surface area (Å²) in [6.45, 7) is 4.88. The molecular formula is C13H20N2S. The molecule has 0 saturated heterocycles. The monoisotopic (exact) mass is 236 g/mol. The number of benzene rings is 1. The number of thioether (sulfide) groups is 1. The minimum atomic E-state index is -0.162. The lowest BCUT2D eigenvalue weighted by atomic mass is 10.1. The lowest BCUT2D eigenvalue weighted by molar-refractivity contribution is 0.549. The molecule has 0 saturated carbocycles. The summed E-state index contributed by atoms with van der Waals surface area (Å²) in [4.78, 5) is 1.45. The van der Waals surface area contributed by atoms with Crippen LogP contribution in [0.1, 0.15) is 25.8 Å². The molecule has 0 radical (unpaired) electrons. The number of aryl methyl sites for hydroxylation is 1. The largest absolute Gasteiger partial charge is 0.383 e. The van der Waals surface area contributed by atoms with Crippen molar-refractivity contribution >= 4 is 17.4 Å². The van der Waals surface area contributed by atoms with E-state index in [-0.39, 0.29) is 5.54 Å². The molecule has 0 aromatic heterocycles. The van der Waals surface area contributed by atoms with Crippen LogP contribution in [-0.2, 0) is 6.42 Å². The molecule has 0 bridgehead atoms. The summed E-state index contributed by atoms with van der Waals surface area (Å²) in [5.41, 5.74) is 8.47. The Labute approximate surface area is 102 Å². The van der Waals surface area contributed by atoms with E-state index in [2.05, 4.69) is 23.5 Å². The lowest BCUT2D eigenvalue weighted by Gasteiger charge is -2.21. The van der Waals surface area contributed by atoms with E-state index in [1.54, 1.807) is 0 Å². The highest BCUT2D eigenvalue weighted by atomic mass is 32.2. The van der Waals surface area contributed by atoms with E-state index >= 15 is 0 Å². The summed E-state index contributed by atoms with van der Waals surface area (Å²) in [6, 6.07) is 6.65. The maximum absolute atomic E-state index is 5.95. The number of rotatable bonds is 3. The Hall–Kier alpha value is -0.670. The molecule has 3 heteroatoms. The van der Waals surface area contributed by atoms with Crippen LogP contribution in [0, 0.1) is 0 Å². The third kappa shape index (κ3) is 3.16. The topological polar surface area (TPSA) is 38.0 Å². The zero-order valence-electron chi connectivity index (χ0n) is 10.0. The van der Waals surface area contributed by atoms with Crippen molar-refractivity contribution in [3.05, 3.63) is 23.8 Å². The van der Waals surface area contributed by atoms with Crippen LogP contribution in [0.15, 0.2) is 23.1 Å². The van der Waals surface area contributed by atoms with Gasteiger partial charge in [-0.1, -0.05) is 0 Å². The highest BCUT2D eigenvalue weighted by Gasteiger charge is 2.12. The smallest absolute Gasteiger partial charge is 0.0344 e. The molecule has 16 heavy (non-hydrogen) atoms. The van der Waals surface area contributed by atoms with Gasteiger partial charge in [-0.3, -0.25) is 0 Å². The first-order chi connectivity index (χ1) is 7.54. The summed E-state index contributed by atoms with van der Waals surface area (Å²) in [7, 11) is 0. The van der Waals surface area contributed by atoms with Crippen molar-refractivity contribution in [1.82, 2.24) is 0 Å². The second-order valence-corrected chi connectivity index (χ2v) is 6.25. The van der Waals surface area contributed by atoms with Crippen LogP contribution in [0.2, 0.25) is 0 Å². The van der Waals surface area contributed by atoms with Crippen molar-refractivity contribution in [2.75, 3.05) is 17.6 Å². The van der Waals surface area contributed by atoms with E-state index in [9.17, 15) is 0 Å². The van der Waals surface area contributed by atoms with E-state index in [1.165, 1.54) is 34.7 Å². The summed E-state index contributed by atoms with van der Waals surface area (Å²) >= 11 is 1.97. The van der Waals surface area contributed by atoms with Crippen LogP contribution in [-0.4, -0.2) is 17.8 Å². The van der Waals surface area contributed by atoms with Crippen LogP contribution in [0.4, 0.5) is 5.69 Å². The number of fused-ring (bicyclic) bond motifs is 1. The molecule has 0 fully saturated rings. The Morgan fingerprint density at radius 1 is 1.44 bits per heavy atom. The van der Waals surface area contributed by atoms with Gasteiger partial charge < -0.3 is 11.1 Å². The number of hydrogen-bond acceptors (Lipinski definition) is 3. The Bertz CT molecular complexity index is 369. The molecule has 0 unspecified atom stereocenters. The van der Waals surface area contributed by atoms with Crippen molar-refractivity contribution < 1.29 is 0 Å². The second-order valence-electron chi connectivity index (χ2n) is 5.12. The predicted octanol–water partition coefficient (Wildman–Crippen LogP) is 2.87. The number of hydrogen-bond donors (Lipinski definition) is 2. The molecule has 2 nitrogen and oxygen atoms in total. The molecule has 0 aliphatic carbocycles. The van der Waals surface area contributed by atoms with Crippen LogP contribution >= 0.6 is 11.8 Å². The van der Waals surface area contributed by atoms with Gasteiger partial charge in [0.2, 0.25) is 0 Å². The third-order valence-corrected chi connectivity index (χ3v) is 3.86. The van der Waals surface area contributed by atoms with Gasteiger partial charge in [0.25, 0.3) is 0 Å². The van der Waals surface area contributed by atoms with E-state index in [1.807, 2.05) is 25.6 Å². The summed E-state index contributed by atoms with van der Waals surface area (Å²) < 4.78 is 0. The van der Waals surface area contributed by atoms with Gasteiger partial charge in [-0.2, -0.15) is 0 Å². The first-order valence-electron chi connectivity index (χ1n) is 5.83. The average molecular weight is 236 g/mol. The van der Waals surface area contributed by atoms with Crippen LogP contribution < -0.4 is 11.1 Å². The first-order valence-corrected chi connectivity index (χ1v) is 6.82. The van der Waals surface area contributed by atoms with Gasteiger partial charge in [-0.25, -0.2) is 0 Å². The Morgan fingerprint density at radius 3 is 3.00 bits per heavy atom. The van der Waals surface area contributed by atoms with Crippen molar-refractivity contribution in [1.29, 1.82) is 0 Å². The van der Waals surface area contributed by atoms with E-state index in [0.717, 1.165) is 6.54 Å². The highest BCUT2D eigenvalue weighted by Crippen LogP contribution is 2.31. The molecule has 1 heterocycles. The maximum Gasteiger partial charge on any atom is 0.0344 e. The Morgan fingerprint density at radius 2 is 2.25 bits per heavy atom. The number of nitrogens with one attached hydrogen (secondary N) is 1. The SMILES string of the molecule is CC(C)(N)CNc1ccc2c(c1)CCCS2. The Balaban J connectivity index is 2.06. The normalized spacial score (nSPS) is 15.7. The van der Waals surface area contributed by atoms with Crippen molar-refractivity contribution in [3.8, 4) is 0 Å². The lowest BCUT2D eigenvalue weighted by Crippen LogP contribution is -2.39. The highest BCUT2D eigenvalue weighted by molar-refractivity contribution is 7.99. The van der Waals surface area contributed by atoms with Gasteiger partial charge in [0, 0.05) is 22.7 Å². The molecular weight excluding hydrogens is 216 g/mol. The predicted molar refractivity (Wildman–Crippen MR) is 72.2 cm³/mol. The standard InChI is InChI=1S/C13H20N2S/c1-13(2,14)9-15-11-5-6-12-10(8-11)4-3-7-16-12/h5-6,8,15H,3-4,7,9,14H2,1-2H3. The fraction of sp³-hybridized carbons (Fsp3) is 0.538. The van der Waals surface area contributed by atoms with Crippen LogP contribution in [0.25, 0.3) is 0 Å². The van der Waals surface area contributed by atoms with E-state index in [4.69, 9.17) is 5.73 Å². The van der Waals surface area contributed by atoms with Gasteiger partial charge in [0.1, 0.15) is 0 Å². The minimum absolute atomic E-state index is 0.162. The molecule has 1 aromatic rings. The zero-order valence-corrected chi connectivity index (χ0v) is 10.9. The third-order valence-electron chi connectivity index (χ3n) is 2.66. The Kier molecular flexibility index (Phi) is 3.45. The molecule has 0 amide bonds. The molecule has 1 aliphatic heterocycles. The van der Waals surface area contributed by atoms with Crippen molar-refractivity contribution in [2.45, 2.75) is 37.1 Å². The quantitative estimate of drug-likeness (QED) is 0.847. The van der Waals surface area contributed by atoms with Gasteiger partial charge in [-0.15, -0.1) is 11.8 Å². The fourth-order valence-corrected chi connectivity index (χ4v) is 2.82. The van der Waals surface area contributed by atoms with Crippen LogP contribution in [0.5, 0.6) is 0 Å². The summed E-state index contributed by atoms with van der Waals surface area (Å²) in [5.74, 6) is 1.26. The number of anilines is 1. The molecule has 2 rings (SSSR count). The second kappa shape index (κ2) is 4.68. The first kappa shape index (κ1) is 11.8. The molecule has 3 N–H and O–H groups in total. The van der Waals surface area contributed by atoms with Crippen molar-refractivity contribution in [3.63, 3.8) is 0 Å². The van der Waals surface area contributed by atoms with E-state index < -0.39 is 0 Å². The number of nitrogens with two attached hydrogens (primary N) is 1. The van der Waals surface area contributed by atoms with Crippen LogP contribution in [0.3, 0.4) is 0 Å². The average Bonchev–Trinajstić information content (AvgIpc) is 2.25. The maximum atomic E-state index is 5.95. The summed E-state index contributed by atoms with van der Waals surface area (Å²) in [5, 5.41) is 3.40. The van der Waals surface area contributed by atoms with Gasteiger partial charge >= 0.3 is 0 Å². The van der Waals surface area contributed by atoms with Gasteiger partial charge in [0.15, 0.2) is 0 Å².